The standard InChI is InChI=1S/C7H7ClO3/c1-5(9)10-7-3-2-6(4-8)11-7/h2-3H,4H2,1H3. The van der Waals surface area contributed by atoms with Crippen molar-refractivity contribution in [2.24, 2.45) is 0 Å². The smallest absolute Gasteiger partial charge is 0.310 e. The predicted molar refractivity (Wildman–Crippen MR) is 39.6 cm³/mol. The van der Waals surface area contributed by atoms with Gasteiger partial charge in [-0.1, -0.05) is 0 Å². The molecule has 4 heteroatoms. The van der Waals surface area contributed by atoms with Crippen molar-refractivity contribution in [1.82, 2.24) is 0 Å². The maximum Gasteiger partial charge on any atom is 0.310 e. The third-order valence-corrected chi connectivity index (χ3v) is 1.28. The third-order valence-electron chi connectivity index (χ3n) is 1.01. The first-order valence-corrected chi connectivity index (χ1v) is 3.59. The van der Waals surface area contributed by atoms with Gasteiger partial charge in [-0.2, -0.15) is 0 Å². The Balaban J connectivity index is 2.65. The van der Waals surface area contributed by atoms with E-state index in [9.17, 15) is 4.79 Å². The van der Waals surface area contributed by atoms with E-state index in [-0.39, 0.29) is 11.8 Å². The summed E-state index contributed by atoms with van der Waals surface area (Å²) in [7, 11) is 0. The molecule has 0 aliphatic heterocycles. The molecule has 0 aliphatic rings. The minimum atomic E-state index is -0.402. The van der Waals surface area contributed by atoms with E-state index in [1.54, 1.807) is 12.1 Å². The number of ether oxygens (including phenoxy) is 1. The Kier molecular flexibility index (Phi) is 2.54. The van der Waals surface area contributed by atoms with E-state index in [1.165, 1.54) is 6.92 Å². The Hall–Kier alpha value is -0.960. The molecule has 3 nitrogen and oxygen atoms in total. The molecule has 0 aliphatic carbocycles. The van der Waals surface area contributed by atoms with Crippen molar-refractivity contribution in [3.63, 3.8) is 0 Å². The van der Waals surface area contributed by atoms with Crippen LogP contribution < -0.4 is 4.74 Å². The maximum atomic E-state index is 10.4. The summed E-state index contributed by atoms with van der Waals surface area (Å²) < 4.78 is 9.60. The lowest BCUT2D eigenvalue weighted by Crippen LogP contribution is -1.99. The average molecular weight is 175 g/mol. The maximum absolute atomic E-state index is 10.4. The topological polar surface area (TPSA) is 39.4 Å². The van der Waals surface area contributed by atoms with Crippen molar-refractivity contribution in [2.45, 2.75) is 12.8 Å². The van der Waals surface area contributed by atoms with E-state index in [0.717, 1.165) is 0 Å². The largest absolute Gasteiger partial charge is 0.429 e. The number of hydrogen-bond donors (Lipinski definition) is 0. The fourth-order valence-electron chi connectivity index (χ4n) is 0.627. The van der Waals surface area contributed by atoms with E-state index in [1.807, 2.05) is 0 Å². The van der Waals surface area contributed by atoms with E-state index in [4.69, 9.17) is 16.0 Å². The van der Waals surface area contributed by atoms with Gasteiger partial charge >= 0.3 is 5.97 Å². The van der Waals surface area contributed by atoms with Gasteiger partial charge in [-0.3, -0.25) is 4.79 Å². The monoisotopic (exact) mass is 174 g/mol. The first kappa shape index (κ1) is 8.14. The van der Waals surface area contributed by atoms with Crippen molar-refractivity contribution in [2.75, 3.05) is 0 Å². The minimum Gasteiger partial charge on any atom is -0.429 e. The van der Waals surface area contributed by atoms with Crippen LogP contribution in [0.3, 0.4) is 0 Å². The zero-order chi connectivity index (χ0) is 8.27. The lowest BCUT2D eigenvalue weighted by molar-refractivity contribution is -0.133. The molecule has 60 valence electrons. The van der Waals surface area contributed by atoms with Gasteiger partial charge in [-0.25, -0.2) is 0 Å². The van der Waals surface area contributed by atoms with Crippen LogP contribution >= 0.6 is 11.6 Å². The number of carbonyl (C=O) groups is 1. The van der Waals surface area contributed by atoms with Gasteiger partial charge in [-0.05, 0) is 6.07 Å². The molecule has 0 saturated heterocycles. The van der Waals surface area contributed by atoms with Gasteiger partial charge in [0.25, 0.3) is 5.95 Å². The summed E-state index contributed by atoms with van der Waals surface area (Å²) in [5.41, 5.74) is 0. The van der Waals surface area contributed by atoms with Crippen molar-refractivity contribution >= 4 is 17.6 Å². The Labute approximate surface area is 68.9 Å². The SMILES string of the molecule is CC(=O)Oc1ccc(CCl)o1. The molecule has 0 N–H and O–H groups in total. The Morgan fingerprint density at radius 1 is 1.73 bits per heavy atom. The molecule has 0 aromatic carbocycles. The highest BCUT2D eigenvalue weighted by Gasteiger charge is 2.03. The van der Waals surface area contributed by atoms with Crippen LogP contribution in [0.2, 0.25) is 0 Å². The van der Waals surface area contributed by atoms with Crippen LogP contribution in [0.4, 0.5) is 0 Å². The molecule has 1 heterocycles. The molecule has 0 spiro atoms. The van der Waals surface area contributed by atoms with Crippen LogP contribution in [0.25, 0.3) is 0 Å². The van der Waals surface area contributed by atoms with Gasteiger partial charge in [-0.15, -0.1) is 11.6 Å². The van der Waals surface area contributed by atoms with Crippen molar-refractivity contribution in [1.29, 1.82) is 0 Å². The predicted octanol–water partition coefficient (Wildman–Crippen LogP) is 1.94. The molecule has 11 heavy (non-hydrogen) atoms. The van der Waals surface area contributed by atoms with Crippen LogP contribution in [-0.4, -0.2) is 5.97 Å². The van der Waals surface area contributed by atoms with Crippen LogP contribution in [0.5, 0.6) is 5.95 Å². The highest BCUT2D eigenvalue weighted by molar-refractivity contribution is 6.16. The summed E-state index contributed by atoms with van der Waals surface area (Å²) >= 11 is 5.44. The van der Waals surface area contributed by atoms with E-state index >= 15 is 0 Å². The fourth-order valence-corrected chi connectivity index (χ4v) is 0.770. The summed E-state index contributed by atoms with van der Waals surface area (Å²) in [5, 5.41) is 0. The zero-order valence-electron chi connectivity index (χ0n) is 5.96. The molecule has 0 unspecified atom stereocenters. The highest BCUT2D eigenvalue weighted by Crippen LogP contribution is 2.17. The lowest BCUT2D eigenvalue weighted by atomic mass is 10.5. The van der Waals surface area contributed by atoms with Gasteiger partial charge in [0, 0.05) is 13.0 Å². The molecule has 1 aromatic rings. The second-order valence-corrected chi connectivity index (χ2v) is 2.22. The summed E-state index contributed by atoms with van der Waals surface area (Å²) in [6, 6.07) is 3.21. The molecular formula is C7H7ClO3. The first-order valence-electron chi connectivity index (χ1n) is 3.05. The first-order chi connectivity index (χ1) is 5.22. The molecule has 0 bridgehead atoms. The van der Waals surface area contributed by atoms with E-state index in [0.29, 0.717) is 5.76 Å². The quantitative estimate of drug-likeness (QED) is 0.508. The number of halogens is 1. The van der Waals surface area contributed by atoms with Crippen LogP contribution in [0, 0.1) is 0 Å². The normalized spacial score (nSPS) is 9.64. The molecular weight excluding hydrogens is 168 g/mol. The molecule has 0 saturated carbocycles. The van der Waals surface area contributed by atoms with Crippen LogP contribution in [0.1, 0.15) is 12.7 Å². The van der Waals surface area contributed by atoms with E-state index in [2.05, 4.69) is 4.74 Å². The van der Waals surface area contributed by atoms with Gasteiger partial charge in [0.05, 0.1) is 5.88 Å². The Morgan fingerprint density at radius 2 is 2.45 bits per heavy atom. The Morgan fingerprint density at radius 3 is 2.91 bits per heavy atom. The third kappa shape index (κ3) is 2.27. The zero-order valence-corrected chi connectivity index (χ0v) is 6.72. The molecule has 0 amide bonds. The van der Waals surface area contributed by atoms with Crippen molar-refractivity contribution in [3.8, 4) is 5.95 Å². The Bertz CT molecular complexity index is 254. The number of alkyl halides is 1. The number of carbonyl (C=O) groups excluding carboxylic acids is 1. The molecule has 0 radical (unpaired) electrons. The summed E-state index contributed by atoms with van der Waals surface area (Å²) in [6.07, 6.45) is 0. The van der Waals surface area contributed by atoms with Gasteiger partial charge < -0.3 is 9.15 Å². The minimum absolute atomic E-state index is 0.188. The average Bonchev–Trinajstić information content (AvgIpc) is 2.34. The number of esters is 1. The van der Waals surface area contributed by atoms with Crippen LogP contribution in [0.15, 0.2) is 16.5 Å². The number of hydrogen-bond acceptors (Lipinski definition) is 3. The van der Waals surface area contributed by atoms with Gasteiger partial charge in [0.15, 0.2) is 0 Å². The van der Waals surface area contributed by atoms with Gasteiger partial charge in [0.2, 0.25) is 0 Å². The summed E-state index contributed by atoms with van der Waals surface area (Å²) in [5.74, 6) is 0.651. The molecule has 0 fully saturated rings. The highest BCUT2D eigenvalue weighted by atomic mass is 35.5. The number of rotatable bonds is 2. The van der Waals surface area contributed by atoms with Crippen molar-refractivity contribution < 1.29 is 13.9 Å². The summed E-state index contributed by atoms with van der Waals surface area (Å²) in [4.78, 5) is 10.4. The molecule has 1 aromatic heterocycles. The molecule has 0 atom stereocenters. The fraction of sp³-hybridized carbons (Fsp3) is 0.286. The lowest BCUT2D eigenvalue weighted by Gasteiger charge is -1.92. The number of furan rings is 1. The van der Waals surface area contributed by atoms with E-state index < -0.39 is 5.97 Å². The van der Waals surface area contributed by atoms with Gasteiger partial charge in [0.1, 0.15) is 5.76 Å². The summed E-state index contributed by atoms with van der Waals surface area (Å²) in [6.45, 7) is 1.31. The molecule has 1 rings (SSSR count). The second kappa shape index (κ2) is 3.44. The van der Waals surface area contributed by atoms with Crippen LogP contribution in [-0.2, 0) is 10.7 Å². The van der Waals surface area contributed by atoms with Crippen molar-refractivity contribution in [3.05, 3.63) is 17.9 Å². The second-order valence-electron chi connectivity index (χ2n) is 1.95.